The Morgan fingerprint density at radius 2 is 1.00 bits per heavy atom. The number of aryl methyl sites for hydroxylation is 4. The molecule has 4 rings (SSSR count). The average molecular weight is 544 g/mol. The van der Waals surface area contributed by atoms with Gasteiger partial charge in [-0.3, -0.25) is 0 Å². The first-order valence-electron chi connectivity index (χ1n) is 11.5. The topological polar surface area (TPSA) is 91.1 Å². The van der Waals surface area contributed by atoms with Gasteiger partial charge in [0.05, 0.1) is 53.0 Å². The first-order chi connectivity index (χ1) is 17.0. The van der Waals surface area contributed by atoms with E-state index in [0.29, 0.717) is 0 Å². The highest BCUT2D eigenvalue weighted by molar-refractivity contribution is 5.51. The van der Waals surface area contributed by atoms with E-state index in [1.807, 2.05) is 120 Å². The van der Waals surface area contributed by atoms with Gasteiger partial charge in [-0.2, -0.15) is 0 Å². The quantitative estimate of drug-likeness (QED) is 0.149. The van der Waals surface area contributed by atoms with Crippen molar-refractivity contribution in [1.82, 2.24) is 9.13 Å². The van der Waals surface area contributed by atoms with Crippen molar-refractivity contribution in [2.75, 3.05) is 23.7 Å². The maximum atomic E-state index is 4.32. The fourth-order valence-corrected chi connectivity index (χ4v) is 3.50. The van der Waals surface area contributed by atoms with E-state index in [9.17, 15) is 0 Å². The molecule has 196 valence electrons. The molecule has 2 heterocycles. The van der Waals surface area contributed by atoms with Crippen LogP contribution in [0.4, 0.5) is 34.6 Å². The van der Waals surface area contributed by atoms with Crippen molar-refractivity contribution >= 4 is 34.6 Å². The van der Waals surface area contributed by atoms with Crippen molar-refractivity contribution in [1.29, 1.82) is 0 Å². The summed E-state index contributed by atoms with van der Waals surface area (Å²) >= 11 is 0. The molecular weight excluding hydrogens is 511 g/mol. The molecule has 0 saturated carbocycles. The largest absolute Gasteiger partial charge is 1.00 e. The van der Waals surface area contributed by atoms with Crippen LogP contribution in [0.5, 0.6) is 0 Å². The zero-order valence-corrected chi connectivity index (χ0v) is 22.9. The number of aromatic nitrogens is 4. The van der Waals surface area contributed by atoms with Gasteiger partial charge in [0.15, 0.2) is 0 Å². The molecule has 2 aromatic carbocycles. The Labute approximate surface area is 229 Å². The number of halogens is 2. The molecule has 10 nitrogen and oxygen atoms in total. The zero-order chi connectivity index (χ0) is 24.6. The number of nitrogens with zero attached hydrogens (tertiary/aromatic N) is 8. The summed E-state index contributed by atoms with van der Waals surface area (Å²) in [6.45, 7) is 1.74. The summed E-state index contributed by atoms with van der Waals surface area (Å²) in [5.41, 5.74) is 3.77. The second-order valence-electron chi connectivity index (χ2n) is 8.34. The molecular formula is C25H32Cl2N10. The lowest BCUT2D eigenvalue weighted by Crippen LogP contribution is -3.00. The first-order valence-corrected chi connectivity index (χ1v) is 11.5. The molecule has 0 aliphatic rings. The average Bonchev–Trinajstić information content (AvgIpc) is 3.37. The summed E-state index contributed by atoms with van der Waals surface area (Å²) in [7, 11) is 7.80. The lowest BCUT2D eigenvalue weighted by atomic mass is 10.2. The molecule has 0 spiro atoms. The molecule has 0 atom stereocenters. The summed E-state index contributed by atoms with van der Waals surface area (Å²) in [5, 5.41) is 24.2. The SMILES string of the molecule is Cn1cc[n+](C)c1N=Nc1ccc(NCCCNc2ccc(N=Nc3n(C)cc[n+]3C)cc2)cc1.[Cl-].[Cl-]. The summed E-state index contributed by atoms with van der Waals surface area (Å²) in [4.78, 5) is 0. The molecule has 37 heavy (non-hydrogen) atoms. The molecule has 0 saturated heterocycles. The Hall–Kier alpha value is -3.76. The standard InChI is InChI=1S/C25H30N10.2ClH/c1-32-16-17-33(2)24(32)30-28-22-10-6-20(7-11-22)26-14-5-15-27-21-8-12-23(13-9-21)29-31-25-34(3)18-19-35(25)4;;/h6-13,16-19H,5,14-15H2,1-4H3;2*1H. The maximum absolute atomic E-state index is 4.32. The highest BCUT2D eigenvalue weighted by atomic mass is 35.5. The lowest BCUT2D eigenvalue weighted by Gasteiger charge is -2.08. The van der Waals surface area contributed by atoms with Gasteiger partial charge in [-0.25, -0.2) is 18.3 Å². The summed E-state index contributed by atoms with van der Waals surface area (Å²) < 4.78 is 7.72. The van der Waals surface area contributed by atoms with Gasteiger partial charge in [-0.1, -0.05) is 10.2 Å². The van der Waals surface area contributed by atoms with E-state index in [-0.39, 0.29) is 24.8 Å². The number of benzene rings is 2. The number of nitrogens with one attached hydrogen (secondary N) is 2. The number of anilines is 2. The van der Waals surface area contributed by atoms with E-state index < -0.39 is 0 Å². The smallest absolute Gasteiger partial charge is 0.421 e. The van der Waals surface area contributed by atoms with Gasteiger partial charge in [0, 0.05) is 34.7 Å². The molecule has 0 aliphatic carbocycles. The van der Waals surface area contributed by atoms with Crippen LogP contribution < -0.4 is 44.6 Å². The third-order valence-corrected chi connectivity index (χ3v) is 5.55. The van der Waals surface area contributed by atoms with Crippen LogP contribution in [0, 0.1) is 0 Å². The van der Waals surface area contributed by atoms with Crippen molar-refractivity contribution in [2.24, 2.45) is 48.6 Å². The van der Waals surface area contributed by atoms with Gasteiger partial charge in [0.1, 0.15) is 11.4 Å². The van der Waals surface area contributed by atoms with Crippen LogP contribution in [0.3, 0.4) is 0 Å². The minimum atomic E-state index is 0. The second-order valence-corrected chi connectivity index (χ2v) is 8.34. The zero-order valence-electron chi connectivity index (χ0n) is 21.4. The van der Waals surface area contributed by atoms with Gasteiger partial charge in [0.2, 0.25) is 0 Å². The minimum Gasteiger partial charge on any atom is -1.00 e. The van der Waals surface area contributed by atoms with E-state index in [2.05, 4.69) is 31.1 Å². The Kier molecular flexibility index (Phi) is 11.2. The van der Waals surface area contributed by atoms with Crippen LogP contribution in [0.25, 0.3) is 0 Å². The van der Waals surface area contributed by atoms with Crippen LogP contribution in [-0.2, 0) is 28.2 Å². The molecule has 0 amide bonds. The molecule has 2 N–H and O–H groups in total. The predicted molar refractivity (Wildman–Crippen MR) is 136 cm³/mol. The van der Waals surface area contributed by atoms with E-state index in [4.69, 9.17) is 0 Å². The van der Waals surface area contributed by atoms with Gasteiger partial charge in [-0.05, 0) is 55.0 Å². The summed E-state index contributed by atoms with van der Waals surface area (Å²) in [5.74, 6) is 1.58. The minimum absolute atomic E-state index is 0. The van der Waals surface area contributed by atoms with Gasteiger partial charge >= 0.3 is 11.9 Å². The second kappa shape index (κ2) is 14.1. The van der Waals surface area contributed by atoms with Crippen molar-refractivity contribution in [2.45, 2.75) is 6.42 Å². The number of hydrogen-bond donors (Lipinski definition) is 2. The van der Waals surface area contributed by atoms with Gasteiger partial charge in [0.25, 0.3) is 0 Å². The number of rotatable bonds is 10. The molecule has 0 aliphatic heterocycles. The third-order valence-electron chi connectivity index (χ3n) is 5.55. The summed E-state index contributed by atoms with van der Waals surface area (Å²) in [6, 6.07) is 15.9. The summed E-state index contributed by atoms with van der Waals surface area (Å²) in [6.07, 6.45) is 8.78. The number of hydrogen-bond acceptors (Lipinski definition) is 6. The normalized spacial score (nSPS) is 10.9. The molecule has 4 aromatic rings. The fourth-order valence-electron chi connectivity index (χ4n) is 3.50. The molecule has 0 bridgehead atoms. The maximum Gasteiger partial charge on any atom is 0.421 e. The Morgan fingerprint density at radius 3 is 1.32 bits per heavy atom. The molecule has 12 heteroatoms. The van der Waals surface area contributed by atoms with Gasteiger partial charge < -0.3 is 35.4 Å². The monoisotopic (exact) mass is 542 g/mol. The van der Waals surface area contributed by atoms with E-state index in [0.717, 1.165) is 54.2 Å². The van der Waals surface area contributed by atoms with Crippen molar-refractivity contribution in [3.8, 4) is 0 Å². The Bertz CT molecular complexity index is 1170. The first kappa shape index (κ1) is 29.5. The number of imidazole rings is 2. The van der Waals surface area contributed by atoms with Crippen molar-refractivity contribution in [3.63, 3.8) is 0 Å². The predicted octanol–water partition coefficient (Wildman–Crippen LogP) is -1.23. The van der Waals surface area contributed by atoms with Crippen molar-refractivity contribution in [3.05, 3.63) is 73.3 Å². The third kappa shape index (κ3) is 8.12. The van der Waals surface area contributed by atoms with Crippen LogP contribution in [0.2, 0.25) is 0 Å². The molecule has 0 radical (unpaired) electrons. The molecule has 2 aromatic heterocycles. The van der Waals surface area contributed by atoms with Crippen LogP contribution in [-0.4, -0.2) is 22.2 Å². The van der Waals surface area contributed by atoms with E-state index >= 15 is 0 Å². The number of azo groups is 2. The van der Waals surface area contributed by atoms with Crippen LogP contribution in [0.1, 0.15) is 6.42 Å². The Balaban J connectivity index is 0.00000241. The molecule has 0 fully saturated rings. The Morgan fingerprint density at radius 1 is 0.622 bits per heavy atom. The van der Waals surface area contributed by atoms with Crippen LogP contribution >= 0.6 is 0 Å². The lowest BCUT2D eigenvalue weighted by molar-refractivity contribution is -0.657. The highest BCUT2D eigenvalue weighted by Crippen LogP contribution is 2.20. The van der Waals surface area contributed by atoms with E-state index in [1.165, 1.54) is 0 Å². The molecule has 0 unspecified atom stereocenters. The fraction of sp³-hybridized carbons (Fsp3) is 0.280. The van der Waals surface area contributed by atoms with Crippen molar-refractivity contribution < 1.29 is 33.9 Å². The van der Waals surface area contributed by atoms with E-state index in [1.54, 1.807) is 0 Å². The highest BCUT2D eigenvalue weighted by Gasteiger charge is 2.11. The van der Waals surface area contributed by atoms with Crippen LogP contribution in [0.15, 0.2) is 93.8 Å². The van der Waals surface area contributed by atoms with Gasteiger partial charge in [-0.15, -0.1) is 0 Å².